The summed E-state index contributed by atoms with van der Waals surface area (Å²) < 4.78 is 37.5. The number of thioether (sulfide) groups is 1. The van der Waals surface area contributed by atoms with Crippen LogP contribution in [0, 0.1) is 0 Å². The minimum Gasteiger partial charge on any atom is -0.387 e. The van der Waals surface area contributed by atoms with Crippen LogP contribution < -0.4 is 0 Å². The van der Waals surface area contributed by atoms with Crippen molar-refractivity contribution in [1.29, 1.82) is 0 Å². The van der Waals surface area contributed by atoms with E-state index in [1.807, 2.05) is 6.92 Å². The van der Waals surface area contributed by atoms with E-state index in [0.717, 1.165) is 30.7 Å². The van der Waals surface area contributed by atoms with E-state index in [2.05, 4.69) is 0 Å². The highest BCUT2D eigenvalue weighted by Gasteiger charge is 2.39. The van der Waals surface area contributed by atoms with Crippen LogP contribution in [-0.4, -0.2) is 15.6 Å². The molecular formula is C13H15F3OS. The fraction of sp³-hybridized carbons (Fsp3) is 0.538. The van der Waals surface area contributed by atoms with Gasteiger partial charge in [0.2, 0.25) is 0 Å². The van der Waals surface area contributed by atoms with E-state index in [9.17, 15) is 18.3 Å². The molecule has 1 aromatic rings. The fourth-order valence-corrected chi connectivity index (χ4v) is 3.59. The summed E-state index contributed by atoms with van der Waals surface area (Å²) in [5.74, 6) is 0.951. The Kier molecular flexibility index (Phi) is 3.65. The Morgan fingerprint density at radius 3 is 2.67 bits per heavy atom. The van der Waals surface area contributed by atoms with Crippen molar-refractivity contribution in [2.45, 2.75) is 36.8 Å². The molecule has 18 heavy (non-hydrogen) atoms. The first-order valence-electron chi connectivity index (χ1n) is 5.82. The summed E-state index contributed by atoms with van der Waals surface area (Å²) in [6.45, 7) is 1.91. The zero-order chi connectivity index (χ0) is 13.4. The molecule has 2 rings (SSSR count). The Bertz CT molecular complexity index is 424. The van der Waals surface area contributed by atoms with Gasteiger partial charge < -0.3 is 5.11 Å². The zero-order valence-electron chi connectivity index (χ0n) is 10.00. The number of rotatable bonds is 2. The van der Waals surface area contributed by atoms with Gasteiger partial charge in [0.25, 0.3) is 0 Å². The topological polar surface area (TPSA) is 20.2 Å². The summed E-state index contributed by atoms with van der Waals surface area (Å²) in [5, 5.41) is 10.3. The van der Waals surface area contributed by atoms with Crippen LogP contribution in [-0.2, 0) is 6.18 Å². The molecule has 1 nitrogen and oxygen atoms in total. The Labute approximate surface area is 108 Å². The van der Waals surface area contributed by atoms with Crippen LogP contribution in [0.4, 0.5) is 13.2 Å². The molecule has 0 bridgehead atoms. The molecule has 0 saturated carbocycles. The second-order valence-corrected chi connectivity index (χ2v) is 6.42. The van der Waals surface area contributed by atoms with Gasteiger partial charge >= 0.3 is 6.18 Å². The Hall–Kier alpha value is -0.680. The summed E-state index contributed by atoms with van der Waals surface area (Å²) in [5.41, 5.74) is -0.354. The minimum absolute atomic E-state index is 0.349. The number of halogens is 3. The van der Waals surface area contributed by atoms with Crippen molar-refractivity contribution < 1.29 is 18.3 Å². The van der Waals surface area contributed by atoms with E-state index >= 15 is 0 Å². The molecule has 2 unspecified atom stereocenters. The summed E-state index contributed by atoms with van der Waals surface area (Å²) in [6, 6.07) is 4.99. The van der Waals surface area contributed by atoms with Crippen LogP contribution in [0.15, 0.2) is 24.3 Å². The number of aliphatic hydroxyl groups is 1. The van der Waals surface area contributed by atoms with E-state index in [1.165, 1.54) is 6.07 Å². The number of benzene rings is 1. The first-order chi connectivity index (χ1) is 8.33. The van der Waals surface area contributed by atoms with Crippen molar-refractivity contribution in [2.75, 3.05) is 5.75 Å². The van der Waals surface area contributed by atoms with Crippen molar-refractivity contribution in [3.63, 3.8) is 0 Å². The first kappa shape index (κ1) is 13.7. The fourth-order valence-electron chi connectivity index (χ4n) is 2.25. The maximum Gasteiger partial charge on any atom is 0.416 e. The van der Waals surface area contributed by atoms with E-state index in [4.69, 9.17) is 0 Å². The molecule has 0 amide bonds. The smallest absolute Gasteiger partial charge is 0.387 e. The molecule has 5 heteroatoms. The van der Waals surface area contributed by atoms with Crippen molar-refractivity contribution in [3.05, 3.63) is 35.4 Å². The lowest BCUT2D eigenvalue weighted by Crippen LogP contribution is -2.26. The molecule has 1 fully saturated rings. The highest BCUT2D eigenvalue weighted by Crippen LogP contribution is 2.47. The Morgan fingerprint density at radius 2 is 2.11 bits per heavy atom. The van der Waals surface area contributed by atoms with Gasteiger partial charge in [0, 0.05) is 4.75 Å². The molecule has 0 aromatic heterocycles. The van der Waals surface area contributed by atoms with Gasteiger partial charge in [-0.2, -0.15) is 24.9 Å². The highest BCUT2D eigenvalue weighted by molar-refractivity contribution is 8.00. The lowest BCUT2D eigenvalue weighted by Gasteiger charge is -2.29. The summed E-state index contributed by atoms with van der Waals surface area (Å²) in [6.07, 6.45) is -3.39. The molecule has 1 saturated heterocycles. The Morgan fingerprint density at radius 1 is 1.39 bits per heavy atom. The van der Waals surface area contributed by atoms with Gasteiger partial charge in [0.1, 0.15) is 0 Å². The van der Waals surface area contributed by atoms with Crippen LogP contribution in [0.5, 0.6) is 0 Å². The molecule has 1 N–H and O–H groups in total. The monoisotopic (exact) mass is 276 g/mol. The molecule has 1 aliphatic heterocycles. The molecule has 1 aromatic carbocycles. The first-order valence-corrected chi connectivity index (χ1v) is 6.81. The molecule has 1 heterocycles. The third-order valence-electron chi connectivity index (χ3n) is 3.36. The molecule has 1 aliphatic rings. The SMILES string of the molecule is CC1(C(O)c2cccc(C(F)(F)F)c2)CCCS1. The Balaban J connectivity index is 2.28. The van der Waals surface area contributed by atoms with E-state index in [-0.39, 0.29) is 4.75 Å². The average molecular weight is 276 g/mol. The second-order valence-electron chi connectivity index (χ2n) is 4.79. The number of hydrogen-bond donors (Lipinski definition) is 1. The van der Waals surface area contributed by atoms with Gasteiger partial charge in [-0.1, -0.05) is 12.1 Å². The molecule has 100 valence electrons. The normalized spacial score (nSPS) is 26.3. The zero-order valence-corrected chi connectivity index (χ0v) is 10.8. The van der Waals surface area contributed by atoms with Crippen LogP contribution in [0.25, 0.3) is 0 Å². The highest BCUT2D eigenvalue weighted by atomic mass is 32.2. The summed E-state index contributed by atoms with van der Waals surface area (Å²) in [7, 11) is 0. The van der Waals surface area contributed by atoms with Crippen LogP contribution in [0.1, 0.15) is 37.0 Å². The van der Waals surface area contributed by atoms with Gasteiger partial charge in [-0.3, -0.25) is 0 Å². The van der Waals surface area contributed by atoms with Crippen molar-refractivity contribution in [2.24, 2.45) is 0 Å². The van der Waals surface area contributed by atoms with Gasteiger partial charge in [0.15, 0.2) is 0 Å². The lowest BCUT2D eigenvalue weighted by molar-refractivity contribution is -0.137. The standard InChI is InChI=1S/C13H15F3OS/c1-12(6-3-7-18-12)11(17)9-4-2-5-10(8-9)13(14,15)16/h2,4-5,8,11,17H,3,6-7H2,1H3. The molecular weight excluding hydrogens is 261 g/mol. The maximum atomic E-state index is 12.6. The van der Waals surface area contributed by atoms with Gasteiger partial charge in [0.05, 0.1) is 11.7 Å². The number of alkyl halides is 3. The summed E-state index contributed by atoms with van der Waals surface area (Å²) >= 11 is 1.63. The second kappa shape index (κ2) is 4.78. The molecule has 0 spiro atoms. The molecule has 2 atom stereocenters. The predicted octanol–water partition coefficient (Wildman–Crippen LogP) is 4.02. The van der Waals surface area contributed by atoms with Gasteiger partial charge in [-0.25, -0.2) is 0 Å². The van der Waals surface area contributed by atoms with E-state index in [0.29, 0.717) is 5.56 Å². The molecule has 0 aliphatic carbocycles. The van der Waals surface area contributed by atoms with Crippen LogP contribution in [0.2, 0.25) is 0 Å². The van der Waals surface area contributed by atoms with Crippen molar-refractivity contribution in [1.82, 2.24) is 0 Å². The number of aliphatic hydroxyl groups excluding tert-OH is 1. The lowest BCUT2D eigenvalue weighted by atomic mass is 9.92. The van der Waals surface area contributed by atoms with Crippen molar-refractivity contribution >= 4 is 11.8 Å². The van der Waals surface area contributed by atoms with Gasteiger partial charge in [-0.05, 0) is 43.2 Å². The largest absolute Gasteiger partial charge is 0.416 e. The number of hydrogen-bond acceptors (Lipinski definition) is 2. The maximum absolute atomic E-state index is 12.6. The van der Waals surface area contributed by atoms with Gasteiger partial charge in [-0.15, -0.1) is 0 Å². The average Bonchev–Trinajstić information content (AvgIpc) is 2.75. The molecule has 0 radical (unpaired) electrons. The third kappa shape index (κ3) is 2.67. The van der Waals surface area contributed by atoms with Crippen molar-refractivity contribution in [3.8, 4) is 0 Å². The summed E-state index contributed by atoms with van der Waals surface area (Å²) in [4.78, 5) is 0. The van der Waals surface area contributed by atoms with E-state index in [1.54, 1.807) is 17.8 Å². The third-order valence-corrected chi connectivity index (χ3v) is 4.94. The minimum atomic E-state index is -4.36. The quantitative estimate of drug-likeness (QED) is 0.880. The van der Waals surface area contributed by atoms with Crippen LogP contribution >= 0.6 is 11.8 Å². The van der Waals surface area contributed by atoms with E-state index < -0.39 is 17.8 Å². The van der Waals surface area contributed by atoms with Crippen LogP contribution in [0.3, 0.4) is 0 Å². The predicted molar refractivity (Wildman–Crippen MR) is 66.5 cm³/mol.